The standard InChI is InChI=1S/C16H23Cl2NO/c1-9-10(2)20-11(3)15(9)14(19-4)8-12-6-5-7-13(17)16(12)18/h5-7,9-11,14-15,19H,8H2,1-4H3. The minimum atomic E-state index is 0.260. The molecule has 5 atom stereocenters. The lowest BCUT2D eigenvalue weighted by molar-refractivity contribution is 0.0479. The molecule has 1 aromatic rings. The zero-order chi connectivity index (χ0) is 14.9. The SMILES string of the molecule is CNC(Cc1cccc(Cl)c1Cl)C1C(C)OC(C)C1C. The molecule has 112 valence electrons. The molecule has 0 saturated carbocycles. The first-order valence-corrected chi connectivity index (χ1v) is 7.97. The maximum atomic E-state index is 6.31. The molecule has 0 amide bonds. The third-order valence-corrected chi connectivity index (χ3v) is 5.48. The lowest BCUT2D eigenvalue weighted by Gasteiger charge is -2.29. The summed E-state index contributed by atoms with van der Waals surface area (Å²) in [6.45, 7) is 6.58. The number of hydrogen-bond donors (Lipinski definition) is 1. The third kappa shape index (κ3) is 3.14. The van der Waals surface area contributed by atoms with E-state index >= 15 is 0 Å². The molecule has 0 aliphatic carbocycles. The van der Waals surface area contributed by atoms with Gasteiger partial charge in [0.25, 0.3) is 0 Å². The Labute approximate surface area is 131 Å². The molecule has 4 heteroatoms. The molecule has 1 aromatic carbocycles. The molecule has 0 bridgehead atoms. The molecule has 1 N–H and O–H groups in total. The first-order valence-electron chi connectivity index (χ1n) is 7.21. The van der Waals surface area contributed by atoms with Gasteiger partial charge in [-0.3, -0.25) is 0 Å². The van der Waals surface area contributed by atoms with Gasteiger partial charge in [0.1, 0.15) is 0 Å². The average Bonchev–Trinajstić information content (AvgIpc) is 2.66. The van der Waals surface area contributed by atoms with Crippen LogP contribution in [0.2, 0.25) is 10.0 Å². The summed E-state index contributed by atoms with van der Waals surface area (Å²) in [5.41, 5.74) is 1.09. The quantitative estimate of drug-likeness (QED) is 0.899. The summed E-state index contributed by atoms with van der Waals surface area (Å²) in [5.74, 6) is 1.01. The Morgan fingerprint density at radius 2 is 1.90 bits per heavy atom. The van der Waals surface area contributed by atoms with Crippen LogP contribution in [0.5, 0.6) is 0 Å². The first-order chi connectivity index (χ1) is 9.45. The molecule has 1 aliphatic heterocycles. The van der Waals surface area contributed by atoms with Crippen molar-refractivity contribution in [1.29, 1.82) is 0 Å². The van der Waals surface area contributed by atoms with E-state index in [-0.39, 0.29) is 6.10 Å². The Morgan fingerprint density at radius 3 is 2.45 bits per heavy atom. The lowest BCUT2D eigenvalue weighted by Crippen LogP contribution is -2.41. The van der Waals surface area contributed by atoms with Gasteiger partial charge in [0.15, 0.2) is 0 Å². The highest BCUT2D eigenvalue weighted by atomic mass is 35.5. The minimum absolute atomic E-state index is 0.260. The molecule has 2 rings (SSSR count). The maximum Gasteiger partial charge on any atom is 0.0624 e. The topological polar surface area (TPSA) is 21.3 Å². The Bertz CT molecular complexity index is 466. The highest BCUT2D eigenvalue weighted by Gasteiger charge is 2.41. The van der Waals surface area contributed by atoms with Gasteiger partial charge in [-0.05, 0) is 44.9 Å². The van der Waals surface area contributed by atoms with Crippen LogP contribution >= 0.6 is 23.2 Å². The third-order valence-electron chi connectivity index (χ3n) is 4.63. The second kappa shape index (κ2) is 6.65. The van der Waals surface area contributed by atoms with Crippen molar-refractivity contribution < 1.29 is 4.74 Å². The number of rotatable bonds is 4. The Morgan fingerprint density at radius 1 is 1.20 bits per heavy atom. The normalized spacial score (nSPS) is 31.5. The van der Waals surface area contributed by atoms with Gasteiger partial charge in [-0.15, -0.1) is 0 Å². The fraction of sp³-hybridized carbons (Fsp3) is 0.625. The number of likely N-dealkylation sites (N-methyl/N-ethyl adjacent to an activating group) is 1. The van der Waals surface area contributed by atoms with Crippen LogP contribution in [0.25, 0.3) is 0 Å². The molecule has 1 aliphatic rings. The Hall–Kier alpha value is -0.280. The predicted molar refractivity (Wildman–Crippen MR) is 85.7 cm³/mol. The van der Waals surface area contributed by atoms with E-state index in [0.29, 0.717) is 34.0 Å². The summed E-state index contributed by atoms with van der Waals surface area (Å²) in [4.78, 5) is 0. The summed E-state index contributed by atoms with van der Waals surface area (Å²) < 4.78 is 5.96. The van der Waals surface area contributed by atoms with Crippen molar-refractivity contribution in [1.82, 2.24) is 5.32 Å². The fourth-order valence-corrected chi connectivity index (χ4v) is 3.76. The van der Waals surface area contributed by atoms with E-state index in [1.807, 2.05) is 25.2 Å². The van der Waals surface area contributed by atoms with E-state index in [2.05, 4.69) is 26.1 Å². The molecule has 0 spiro atoms. The van der Waals surface area contributed by atoms with Crippen molar-refractivity contribution in [3.63, 3.8) is 0 Å². The van der Waals surface area contributed by atoms with Crippen LogP contribution in [0.4, 0.5) is 0 Å². The van der Waals surface area contributed by atoms with Crippen molar-refractivity contribution in [3.05, 3.63) is 33.8 Å². The van der Waals surface area contributed by atoms with Crippen molar-refractivity contribution in [2.24, 2.45) is 11.8 Å². The zero-order valence-electron chi connectivity index (χ0n) is 12.5. The van der Waals surface area contributed by atoms with Gasteiger partial charge in [0.05, 0.1) is 22.3 Å². The summed E-state index contributed by atoms with van der Waals surface area (Å²) >= 11 is 12.4. The number of nitrogens with one attached hydrogen (secondary N) is 1. The highest BCUT2D eigenvalue weighted by Crippen LogP contribution is 2.36. The van der Waals surface area contributed by atoms with E-state index < -0.39 is 0 Å². The van der Waals surface area contributed by atoms with Crippen molar-refractivity contribution in [3.8, 4) is 0 Å². The highest BCUT2D eigenvalue weighted by molar-refractivity contribution is 6.42. The Balaban J connectivity index is 2.19. The lowest BCUT2D eigenvalue weighted by atomic mass is 9.81. The smallest absolute Gasteiger partial charge is 0.0624 e. The second-order valence-electron chi connectivity index (χ2n) is 5.80. The molecule has 5 unspecified atom stereocenters. The van der Waals surface area contributed by atoms with Crippen LogP contribution in [0, 0.1) is 11.8 Å². The fourth-order valence-electron chi connectivity index (χ4n) is 3.36. The van der Waals surface area contributed by atoms with E-state index in [1.165, 1.54) is 0 Å². The van der Waals surface area contributed by atoms with E-state index in [1.54, 1.807) is 0 Å². The molecule has 1 saturated heterocycles. The van der Waals surface area contributed by atoms with Crippen LogP contribution < -0.4 is 5.32 Å². The molecule has 1 heterocycles. The summed E-state index contributed by atoms with van der Waals surface area (Å²) in [6, 6.07) is 6.17. The van der Waals surface area contributed by atoms with E-state index in [9.17, 15) is 0 Å². The monoisotopic (exact) mass is 315 g/mol. The molecule has 0 radical (unpaired) electrons. The van der Waals surface area contributed by atoms with Crippen LogP contribution in [0.15, 0.2) is 18.2 Å². The van der Waals surface area contributed by atoms with Gasteiger partial charge in [0.2, 0.25) is 0 Å². The van der Waals surface area contributed by atoms with Gasteiger partial charge in [-0.25, -0.2) is 0 Å². The average molecular weight is 316 g/mol. The van der Waals surface area contributed by atoms with E-state index in [4.69, 9.17) is 27.9 Å². The minimum Gasteiger partial charge on any atom is -0.375 e. The van der Waals surface area contributed by atoms with Crippen molar-refractivity contribution in [2.45, 2.75) is 45.4 Å². The molecule has 2 nitrogen and oxygen atoms in total. The summed E-state index contributed by atoms with van der Waals surface area (Å²) in [7, 11) is 2.01. The molecule has 1 fully saturated rings. The number of halogens is 2. The van der Waals surface area contributed by atoms with Gasteiger partial charge in [0, 0.05) is 12.0 Å². The number of hydrogen-bond acceptors (Lipinski definition) is 2. The van der Waals surface area contributed by atoms with Crippen molar-refractivity contribution >= 4 is 23.2 Å². The van der Waals surface area contributed by atoms with Crippen molar-refractivity contribution in [2.75, 3.05) is 7.05 Å². The maximum absolute atomic E-state index is 6.31. The predicted octanol–water partition coefficient (Wildman–Crippen LogP) is 4.18. The van der Waals surface area contributed by atoms with Gasteiger partial charge >= 0.3 is 0 Å². The van der Waals surface area contributed by atoms with Crippen LogP contribution in [-0.4, -0.2) is 25.3 Å². The number of ether oxygens (including phenoxy) is 1. The van der Waals surface area contributed by atoms with E-state index in [0.717, 1.165) is 12.0 Å². The molecule has 20 heavy (non-hydrogen) atoms. The van der Waals surface area contributed by atoms with Crippen LogP contribution in [0.1, 0.15) is 26.3 Å². The van der Waals surface area contributed by atoms with Crippen LogP contribution in [-0.2, 0) is 11.2 Å². The Kier molecular flexibility index (Phi) is 5.36. The van der Waals surface area contributed by atoms with Gasteiger partial charge < -0.3 is 10.1 Å². The van der Waals surface area contributed by atoms with Crippen LogP contribution in [0.3, 0.4) is 0 Å². The first kappa shape index (κ1) is 16.1. The molecular weight excluding hydrogens is 293 g/mol. The van der Waals surface area contributed by atoms with Gasteiger partial charge in [-0.2, -0.15) is 0 Å². The summed E-state index contributed by atoms with van der Waals surface area (Å²) in [6.07, 6.45) is 1.43. The zero-order valence-corrected chi connectivity index (χ0v) is 14.0. The molecule has 0 aromatic heterocycles. The largest absolute Gasteiger partial charge is 0.375 e. The van der Waals surface area contributed by atoms with Gasteiger partial charge in [-0.1, -0.05) is 42.3 Å². The summed E-state index contributed by atoms with van der Waals surface area (Å²) in [5, 5.41) is 4.73. The second-order valence-corrected chi connectivity index (χ2v) is 6.58. The molecular formula is C16H23Cl2NO. The number of benzene rings is 1.